The van der Waals surface area contributed by atoms with Crippen molar-refractivity contribution in [1.29, 1.82) is 0 Å². The molecule has 9 heteroatoms. The molecule has 0 radical (unpaired) electrons. The Balaban J connectivity index is 1.90. The number of hydrogen-bond donors (Lipinski definition) is 2. The first-order valence-electron chi connectivity index (χ1n) is 9.81. The van der Waals surface area contributed by atoms with E-state index in [0.29, 0.717) is 22.0 Å². The smallest absolute Gasteiger partial charge is 0.274 e. The molecule has 32 heavy (non-hydrogen) atoms. The summed E-state index contributed by atoms with van der Waals surface area (Å²) in [6.45, 7) is 1.61. The summed E-state index contributed by atoms with van der Waals surface area (Å²) >= 11 is 0. The average Bonchev–Trinajstić information content (AvgIpc) is 3.24. The van der Waals surface area contributed by atoms with Crippen LogP contribution in [-0.4, -0.2) is 23.2 Å². The van der Waals surface area contributed by atoms with Crippen LogP contribution >= 0.6 is 0 Å². The minimum atomic E-state index is -2.60. The molecule has 4 aromatic rings. The molecule has 0 bridgehead atoms. The number of aromatic nitrogens is 2. The highest BCUT2D eigenvalue weighted by Crippen LogP contribution is 2.38. The topological polar surface area (TPSA) is 81.2 Å². The van der Waals surface area contributed by atoms with Crippen molar-refractivity contribution >= 4 is 21.6 Å². The third kappa shape index (κ3) is 4.16. The molecule has 1 unspecified atom stereocenters. The molecule has 1 N–H and O–H groups in total. The maximum absolute atomic E-state index is 14.2. The number of H-pyrrole nitrogens is 1. The van der Waals surface area contributed by atoms with Crippen LogP contribution < -0.4 is 10.3 Å². The van der Waals surface area contributed by atoms with Crippen LogP contribution in [0.3, 0.4) is 0 Å². The van der Waals surface area contributed by atoms with Gasteiger partial charge in [0.05, 0.1) is 5.25 Å². The zero-order valence-electron chi connectivity index (χ0n) is 17.3. The summed E-state index contributed by atoms with van der Waals surface area (Å²) in [6.07, 6.45) is 3.56. The molecule has 4 rings (SSSR count). The molecule has 0 aliphatic carbocycles. The second-order valence-electron chi connectivity index (χ2n) is 7.57. The molecule has 6 nitrogen and oxygen atoms in total. The number of thiol groups is 1. The van der Waals surface area contributed by atoms with E-state index in [4.69, 9.17) is 4.74 Å². The average molecular weight is 458 g/mol. The van der Waals surface area contributed by atoms with Gasteiger partial charge in [0.2, 0.25) is 0 Å². The van der Waals surface area contributed by atoms with Crippen molar-refractivity contribution in [3.8, 4) is 22.6 Å². The molecular formula is C23H20F2N2O4S. The first-order chi connectivity index (χ1) is 15.2. The van der Waals surface area contributed by atoms with E-state index in [9.17, 15) is 22.0 Å². The van der Waals surface area contributed by atoms with Gasteiger partial charge in [0.1, 0.15) is 27.8 Å². The van der Waals surface area contributed by atoms with Crippen LogP contribution in [0.1, 0.15) is 12.5 Å². The van der Waals surface area contributed by atoms with Gasteiger partial charge in [-0.2, -0.15) is 0 Å². The van der Waals surface area contributed by atoms with Gasteiger partial charge in [-0.1, -0.05) is 6.07 Å². The highest BCUT2D eigenvalue weighted by Gasteiger charge is 2.18. The van der Waals surface area contributed by atoms with E-state index in [2.05, 4.69) is 4.98 Å². The number of ether oxygens (including phenoxy) is 1. The lowest BCUT2D eigenvalue weighted by molar-refractivity contribution is 0.439. The van der Waals surface area contributed by atoms with Crippen molar-refractivity contribution in [3.05, 3.63) is 82.4 Å². The van der Waals surface area contributed by atoms with E-state index in [1.54, 1.807) is 50.6 Å². The second-order valence-corrected chi connectivity index (χ2v) is 9.02. The Kier molecular flexibility index (Phi) is 5.84. The van der Waals surface area contributed by atoms with Gasteiger partial charge in [0.25, 0.3) is 5.56 Å². The fraction of sp³-hybridized carbons (Fsp3) is 0.174. The number of nitrogens with zero attached hydrogens (tertiary/aromatic N) is 1. The van der Waals surface area contributed by atoms with Gasteiger partial charge in [0.15, 0.2) is 11.6 Å². The first kappa shape index (κ1) is 21.8. The number of benzene rings is 2. The molecule has 2 aromatic carbocycles. The van der Waals surface area contributed by atoms with E-state index < -0.39 is 27.6 Å². The molecule has 0 amide bonds. The Morgan fingerprint density at radius 2 is 1.81 bits per heavy atom. The van der Waals surface area contributed by atoms with Gasteiger partial charge in [-0.25, -0.2) is 17.2 Å². The van der Waals surface area contributed by atoms with Gasteiger partial charge in [-0.05, 0) is 49.2 Å². The van der Waals surface area contributed by atoms with Crippen LogP contribution in [0.25, 0.3) is 22.0 Å². The van der Waals surface area contributed by atoms with Crippen molar-refractivity contribution in [2.24, 2.45) is 7.05 Å². The van der Waals surface area contributed by atoms with E-state index in [1.165, 1.54) is 10.6 Å². The zero-order valence-corrected chi connectivity index (χ0v) is 18.2. The number of halogens is 2. The maximum Gasteiger partial charge on any atom is 0.274 e. The summed E-state index contributed by atoms with van der Waals surface area (Å²) in [5.74, 6) is -1.46. The Morgan fingerprint density at radius 1 is 1.06 bits per heavy atom. The monoisotopic (exact) mass is 458 g/mol. The van der Waals surface area contributed by atoms with Crippen molar-refractivity contribution in [2.75, 3.05) is 0 Å². The lowest BCUT2D eigenvalue weighted by Crippen LogP contribution is -2.16. The second kappa shape index (κ2) is 8.58. The van der Waals surface area contributed by atoms with Crippen molar-refractivity contribution in [3.63, 3.8) is 0 Å². The standard InChI is InChI=1S/C23H20F2N2O4S/c1-13(32(29)30)9-14-3-5-20(31-21-6-4-15(24)11-19(21)25)17(10-14)18-12-27(2)23(28)22-16(18)7-8-26-22/h3-8,10-13,26,32H,9H2,1-2H3. The fourth-order valence-corrected chi connectivity index (χ4v) is 3.94. The minimum Gasteiger partial charge on any atom is -0.454 e. The van der Waals surface area contributed by atoms with Crippen molar-refractivity contribution in [1.82, 2.24) is 9.55 Å². The Labute approximate surface area is 184 Å². The summed E-state index contributed by atoms with van der Waals surface area (Å²) in [5, 5.41) is 0.0594. The molecule has 0 saturated heterocycles. The molecule has 0 aliphatic heterocycles. The third-order valence-electron chi connectivity index (χ3n) is 5.23. The highest BCUT2D eigenvalue weighted by molar-refractivity contribution is 7.73. The molecule has 0 fully saturated rings. The van der Waals surface area contributed by atoms with Crippen LogP contribution in [-0.2, 0) is 24.2 Å². The van der Waals surface area contributed by atoms with E-state index >= 15 is 0 Å². The summed E-state index contributed by atoms with van der Waals surface area (Å²) in [7, 11) is -0.990. The Morgan fingerprint density at radius 3 is 2.53 bits per heavy atom. The van der Waals surface area contributed by atoms with E-state index in [1.807, 2.05) is 0 Å². The lowest BCUT2D eigenvalue weighted by Gasteiger charge is -2.16. The Bertz CT molecular complexity index is 1450. The third-order valence-corrected chi connectivity index (χ3v) is 6.14. The molecule has 2 heterocycles. The lowest BCUT2D eigenvalue weighted by atomic mass is 9.98. The van der Waals surface area contributed by atoms with E-state index in [0.717, 1.165) is 17.7 Å². The molecule has 0 aliphatic rings. The summed E-state index contributed by atoms with van der Waals surface area (Å²) in [6, 6.07) is 9.84. The van der Waals surface area contributed by atoms with Crippen molar-refractivity contribution < 1.29 is 21.9 Å². The SMILES string of the molecule is CC(Cc1ccc(Oc2ccc(F)cc2F)c(-c2cn(C)c(=O)c3[nH]ccc23)c1)[SH](=O)=O. The molecular weight excluding hydrogens is 438 g/mol. The maximum atomic E-state index is 14.2. The molecule has 2 aromatic heterocycles. The number of aromatic amines is 1. The van der Waals surface area contributed by atoms with Crippen LogP contribution in [0, 0.1) is 11.6 Å². The van der Waals surface area contributed by atoms with Gasteiger partial charge < -0.3 is 14.3 Å². The van der Waals surface area contributed by atoms with Crippen LogP contribution in [0.15, 0.2) is 59.7 Å². The number of hydrogen-bond acceptors (Lipinski definition) is 4. The van der Waals surface area contributed by atoms with Crippen LogP contribution in [0.2, 0.25) is 0 Å². The molecule has 0 spiro atoms. The van der Waals surface area contributed by atoms with Crippen LogP contribution in [0.5, 0.6) is 11.5 Å². The number of fused-ring (bicyclic) bond motifs is 1. The summed E-state index contributed by atoms with van der Waals surface area (Å²) < 4.78 is 57.5. The quantitative estimate of drug-likeness (QED) is 0.426. The normalized spacial score (nSPS) is 12.4. The zero-order chi connectivity index (χ0) is 23.0. The predicted octanol–water partition coefficient (Wildman–Crippen LogP) is 4.15. The number of rotatable bonds is 6. The van der Waals surface area contributed by atoms with Crippen molar-refractivity contribution in [2.45, 2.75) is 18.6 Å². The largest absolute Gasteiger partial charge is 0.454 e. The molecule has 1 atom stereocenters. The highest BCUT2D eigenvalue weighted by atomic mass is 32.2. The Hall–Kier alpha value is -3.46. The molecule has 166 valence electrons. The first-order valence-corrected chi connectivity index (χ1v) is 11.1. The predicted molar refractivity (Wildman–Crippen MR) is 119 cm³/mol. The number of pyridine rings is 1. The summed E-state index contributed by atoms with van der Waals surface area (Å²) in [4.78, 5) is 15.4. The van der Waals surface area contributed by atoms with Gasteiger partial charge >= 0.3 is 0 Å². The van der Waals surface area contributed by atoms with Gasteiger partial charge in [-0.15, -0.1) is 0 Å². The van der Waals surface area contributed by atoms with Gasteiger partial charge in [-0.3, -0.25) is 4.79 Å². The summed E-state index contributed by atoms with van der Waals surface area (Å²) in [5.41, 5.74) is 2.09. The van der Waals surface area contributed by atoms with E-state index in [-0.39, 0.29) is 23.5 Å². The van der Waals surface area contributed by atoms with Gasteiger partial charge in [0, 0.05) is 42.0 Å². The number of nitrogens with one attached hydrogen (secondary N) is 1. The molecule has 0 saturated carbocycles. The number of aryl methyl sites for hydroxylation is 1. The van der Waals surface area contributed by atoms with Crippen LogP contribution in [0.4, 0.5) is 8.78 Å². The minimum absolute atomic E-state index is 0.161. The fourth-order valence-electron chi connectivity index (χ4n) is 3.58.